The van der Waals surface area contributed by atoms with Crippen LogP contribution in [-0.2, 0) is 22.4 Å². The number of anilines is 1. The largest absolute Gasteiger partial charge is 0.481 e. The third kappa shape index (κ3) is 2.96. The molecule has 2 rings (SSSR count). The molecule has 0 aromatic heterocycles. The first-order chi connectivity index (χ1) is 9.67. The minimum absolute atomic E-state index is 0.478. The van der Waals surface area contributed by atoms with E-state index in [1.165, 1.54) is 0 Å². The first kappa shape index (κ1) is 14.0. The quantitative estimate of drug-likeness (QED) is 0.817. The van der Waals surface area contributed by atoms with Crippen molar-refractivity contribution in [2.75, 3.05) is 20.0 Å². The molecular formula is C14H20N4O2. The van der Waals surface area contributed by atoms with Gasteiger partial charge in [-0.3, -0.25) is 5.43 Å². The van der Waals surface area contributed by atoms with Crippen LogP contribution in [0.15, 0.2) is 35.3 Å². The van der Waals surface area contributed by atoms with E-state index >= 15 is 0 Å². The molecule has 20 heavy (non-hydrogen) atoms. The molecule has 6 nitrogen and oxygen atoms in total. The van der Waals surface area contributed by atoms with Crippen molar-refractivity contribution < 1.29 is 9.47 Å². The number of nitrogen functional groups attached to an aromatic ring is 1. The summed E-state index contributed by atoms with van der Waals surface area (Å²) in [5.41, 5.74) is 12.1. The zero-order valence-corrected chi connectivity index (χ0v) is 12.0. The summed E-state index contributed by atoms with van der Waals surface area (Å²) in [6.07, 6.45) is 2.59. The predicted molar refractivity (Wildman–Crippen MR) is 78.4 cm³/mol. The van der Waals surface area contributed by atoms with Crippen molar-refractivity contribution in [1.82, 2.24) is 10.5 Å². The summed E-state index contributed by atoms with van der Waals surface area (Å²) >= 11 is 0. The summed E-state index contributed by atoms with van der Waals surface area (Å²) in [5.74, 6) is 1.05. The maximum Gasteiger partial charge on any atom is 0.237 e. The molecule has 1 aliphatic heterocycles. The maximum absolute atomic E-state index is 6.17. The Hall–Kier alpha value is -2.37. The van der Waals surface area contributed by atoms with Crippen molar-refractivity contribution in [3.63, 3.8) is 0 Å². The number of benzene rings is 1. The molecular weight excluding hydrogens is 256 g/mol. The number of rotatable bonds is 4. The fraction of sp³-hybridized carbons (Fsp3) is 0.357. The topological polar surface area (TPSA) is 72.1 Å². The molecule has 0 radical (unpaired) electrons. The van der Waals surface area contributed by atoms with Gasteiger partial charge in [0.1, 0.15) is 0 Å². The molecule has 0 spiro atoms. The predicted octanol–water partition coefficient (Wildman–Crippen LogP) is 1.60. The Morgan fingerprint density at radius 1 is 1.25 bits per heavy atom. The Balaban J connectivity index is 2.18. The van der Waals surface area contributed by atoms with Gasteiger partial charge in [-0.25, -0.2) is 0 Å². The molecule has 0 saturated heterocycles. The molecule has 0 amide bonds. The molecule has 0 aliphatic carbocycles. The van der Waals surface area contributed by atoms with Gasteiger partial charge in [-0.15, -0.1) is 5.10 Å². The number of ether oxygens (including phenoxy) is 2. The number of hydrogen-bond acceptors (Lipinski definition) is 6. The van der Waals surface area contributed by atoms with Gasteiger partial charge < -0.3 is 15.2 Å². The highest BCUT2D eigenvalue weighted by molar-refractivity contribution is 5.88. The van der Waals surface area contributed by atoms with Crippen molar-refractivity contribution in [3.8, 4) is 0 Å². The summed E-state index contributed by atoms with van der Waals surface area (Å²) in [4.78, 5) is 0. The summed E-state index contributed by atoms with van der Waals surface area (Å²) in [6, 6.07) is 6.03. The summed E-state index contributed by atoms with van der Waals surface area (Å²) in [7, 11) is 3.15. The minimum atomic E-state index is 0.478. The number of para-hydroxylation sites is 1. The van der Waals surface area contributed by atoms with E-state index in [0.717, 1.165) is 23.2 Å². The second-order valence-corrected chi connectivity index (χ2v) is 4.37. The monoisotopic (exact) mass is 276 g/mol. The Bertz CT molecular complexity index is 540. The smallest absolute Gasteiger partial charge is 0.237 e. The van der Waals surface area contributed by atoms with Crippen LogP contribution in [0, 0.1) is 0 Å². The van der Waals surface area contributed by atoms with E-state index in [1.807, 2.05) is 18.2 Å². The van der Waals surface area contributed by atoms with Gasteiger partial charge >= 0.3 is 0 Å². The van der Waals surface area contributed by atoms with Crippen molar-refractivity contribution in [2.24, 2.45) is 5.10 Å². The van der Waals surface area contributed by atoms with E-state index in [4.69, 9.17) is 15.2 Å². The van der Waals surface area contributed by atoms with Crippen LogP contribution in [0.3, 0.4) is 0 Å². The van der Waals surface area contributed by atoms with Crippen molar-refractivity contribution >= 4 is 11.6 Å². The van der Waals surface area contributed by atoms with Gasteiger partial charge in [-0.1, -0.05) is 25.1 Å². The fourth-order valence-electron chi connectivity index (χ4n) is 2.00. The summed E-state index contributed by atoms with van der Waals surface area (Å²) in [6.45, 7) is 2.61. The number of nitrogens with two attached hydrogens (primary N) is 1. The first-order valence-electron chi connectivity index (χ1n) is 6.46. The average molecular weight is 276 g/mol. The van der Waals surface area contributed by atoms with Crippen molar-refractivity contribution in [1.29, 1.82) is 0 Å². The van der Waals surface area contributed by atoms with E-state index < -0.39 is 0 Å². The lowest BCUT2D eigenvalue weighted by molar-refractivity contribution is 0.127. The van der Waals surface area contributed by atoms with Gasteiger partial charge in [0.05, 0.1) is 26.8 Å². The first-order valence-corrected chi connectivity index (χ1v) is 6.46. The van der Waals surface area contributed by atoms with Gasteiger partial charge in [0, 0.05) is 5.69 Å². The fourth-order valence-corrected chi connectivity index (χ4v) is 2.00. The zero-order chi connectivity index (χ0) is 14.5. The molecule has 1 heterocycles. The number of hydrogen-bond donors (Lipinski definition) is 2. The average Bonchev–Trinajstić information content (AvgIpc) is 2.49. The number of hydrazone groups is 1. The van der Waals surface area contributed by atoms with Crippen molar-refractivity contribution in [3.05, 3.63) is 41.3 Å². The van der Waals surface area contributed by atoms with Crippen LogP contribution in [0.2, 0.25) is 0 Å². The zero-order valence-electron chi connectivity index (χ0n) is 12.0. The van der Waals surface area contributed by atoms with E-state index in [9.17, 15) is 0 Å². The van der Waals surface area contributed by atoms with Crippen LogP contribution in [0.4, 0.5) is 5.69 Å². The lowest BCUT2D eigenvalue weighted by Crippen LogP contribution is -2.37. The third-order valence-electron chi connectivity index (χ3n) is 3.13. The number of nitrogens with one attached hydrogen (secondary N) is 1. The molecule has 0 unspecified atom stereocenters. The van der Waals surface area contributed by atoms with Crippen LogP contribution in [0.5, 0.6) is 0 Å². The standard InChI is InChI=1S/C14H20N4O2/c1-4-10-6-5-7-11(14(10)15)9-18-16-12(19-2)8-13(17-18)20-3/h5-8,16H,4,9,15H2,1-3H3. The second kappa shape index (κ2) is 6.18. The van der Waals surface area contributed by atoms with Gasteiger partial charge in [0.25, 0.3) is 0 Å². The molecule has 0 bridgehead atoms. The van der Waals surface area contributed by atoms with Crippen LogP contribution in [0.25, 0.3) is 0 Å². The lowest BCUT2D eigenvalue weighted by atomic mass is 10.1. The Labute approximate surface area is 118 Å². The maximum atomic E-state index is 6.17. The summed E-state index contributed by atoms with van der Waals surface area (Å²) < 4.78 is 10.3. The molecule has 0 fully saturated rings. The number of hydrazine groups is 1. The molecule has 0 saturated carbocycles. The normalized spacial score (nSPS) is 14.2. The van der Waals surface area contributed by atoms with Gasteiger partial charge in [0.2, 0.25) is 11.8 Å². The third-order valence-corrected chi connectivity index (χ3v) is 3.13. The van der Waals surface area contributed by atoms with E-state index in [1.54, 1.807) is 25.4 Å². The number of methoxy groups -OCH3 is 2. The van der Waals surface area contributed by atoms with E-state index in [0.29, 0.717) is 18.3 Å². The number of nitrogens with zero attached hydrogens (tertiary/aromatic N) is 2. The molecule has 6 heteroatoms. The van der Waals surface area contributed by atoms with Crippen LogP contribution < -0.4 is 11.2 Å². The van der Waals surface area contributed by atoms with Crippen molar-refractivity contribution in [2.45, 2.75) is 19.9 Å². The van der Waals surface area contributed by atoms with Crippen LogP contribution >= 0.6 is 0 Å². The lowest BCUT2D eigenvalue weighted by Gasteiger charge is -2.26. The van der Waals surface area contributed by atoms with Crippen LogP contribution in [0.1, 0.15) is 18.1 Å². The molecule has 3 N–H and O–H groups in total. The van der Waals surface area contributed by atoms with Gasteiger partial charge in [0.15, 0.2) is 0 Å². The SMILES string of the molecule is CCc1cccc(CN2N=C(OC)C=C(OC)N2)c1N. The minimum Gasteiger partial charge on any atom is -0.481 e. The molecule has 1 aromatic rings. The Morgan fingerprint density at radius 3 is 2.65 bits per heavy atom. The highest BCUT2D eigenvalue weighted by atomic mass is 16.5. The number of aryl methyl sites for hydroxylation is 1. The Morgan fingerprint density at radius 2 is 2.00 bits per heavy atom. The van der Waals surface area contributed by atoms with Crippen LogP contribution in [-0.4, -0.2) is 25.2 Å². The van der Waals surface area contributed by atoms with Gasteiger partial charge in [-0.2, -0.15) is 5.12 Å². The van der Waals surface area contributed by atoms with E-state index in [-0.39, 0.29) is 0 Å². The molecule has 0 atom stereocenters. The van der Waals surface area contributed by atoms with E-state index in [2.05, 4.69) is 17.5 Å². The Kier molecular flexibility index (Phi) is 4.34. The molecule has 1 aromatic carbocycles. The highest BCUT2D eigenvalue weighted by Gasteiger charge is 2.15. The second-order valence-electron chi connectivity index (χ2n) is 4.37. The molecule has 1 aliphatic rings. The summed E-state index contributed by atoms with van der Waals surface area (Å²) in [5, 5.41) is 5.94. The highest BCUT2D eigenvalue weighted by Crippen LogP contribution is 2.20. The molecule has 108 valence electrons. The van der Waals surface area contributed by atoms with Gasteiger partial charge in [-0.05, 0) is 17.5 Å².